The second-order valence-electron chi connectivity index (χ2n) is 8.47. The van der Waals surface area contributed by atoms with Crippen molar-refractivity contribution < 1.29 is 22.5 Å². The zero-order valence-corrected chi connectivity index (χ0v) is 18.3. The van der Waals surface area contributed by atoms with Crippen molar-refractivity contribution in [3.63, 3.8) is 0 Å². The summed E-state index contributed by atoms with van der Waals surface area (Å²) in [6, 6.07) is 0.913. The molecule has 0 saturated carbocycles. The quantitative estimate of drug-likeness (QED) is 0.639. The molecule has 0 saturated heterocycles. The Labute approximate surface area is 184 Å². The molecule has 2 aromatic rings. The predicted molar refractivity (Wildman–Crippen MR) is 113 cm³/mol. The molecular formula is C20H24F2N6O3S. The summed E-state index contributed by atoms with van der Waals surface area (Å²) >= 11 is 0. The van der Waals surface area contributed by atoms with Crippen molar-refractivity contribution in [3.05, 3.63) is 34.5 Å². The van der Waals surface area contributed by atoms with Crippen LogP contribution >= 0.6 is 0 Å². The first-order valence-electron chi connectivity index (χ1n) is 10.4. The van der Waals surface area contributed by atoms with E-state index in [2.05, 4.69) is 20.1 Å². The number of nitrogens with two attached hydrogens (primary N) is 1. The number of aryl methyl sites for hydroxylation is 1. The number of carbonyl (C=O) groups excluding carboxylic acids is 1. The minimum absolute atomic E-state index is 0.0252. The Bertz CT molecular complexity index is 1230. The summed E-state index contributed by atoms with van der Waals surface area (Å²) in [6.07, 6.45) is 2.83. The molecule has 0 bridgehead atoms. The van der Waals surface area contributed by atoms with Crippen molar-refractivity contribution in [1.82, 2.24) is 15.1 Å². The molecule has 3 aliphatic rings. The Morgan fingerprint density at radius 2 is 2.16 bits per heavy atom. The van der Waals surface area contributed by atoms with Crippen molar-refractivity contribution in [2.45, 2.75) is 55.5 Å². The average Bonchev–Trinajstić information content (AvgIpc) is 3.42. The number of rotatable bonds is 3. The number of anilines is 1. The molecule has 172 valence electrons. The van der Waals surface area contributed by atoms with Gasteiger partial charge in [-0.3, -0.25) is 0 Å². The van der Waals surface area contributed by atoms with E-state index in [0.717, 1.165) is 24.0 Å². The van der Waals surface area contributed by atoms with Crippen LogP contribution in [0.5, 0.6) is 5.88 Å². The molecule has 5 rings (SSSR count). The molecule has 0 radical (unpaired) electrons. The molecule has 1 aromatic carbocycles. The number of carbonyl (C=O) groups is 1. The second-order valence-corrected chi connectivity index (χ2v) is 10.2. The maximum atomic E-state index is 14.1. The summed E-state index contributed by atoms with van der Waals surface area (Å²) in [5.41, 5.74) is 3.13. The summed E-state index contributed by atoms with van der Waals surface area (Å²) < 4.78 is 52.1. The highest BCUT2D eigenvalue weighted by Gasteiger charge is 2.40. The first-order valence-corrected chi connectivity index (χ1v) is 12.0. The van der Waals surface area contributed by atoms with Gasteiger partial charge in [-0.15, -0.1) is 4.36 Å². The van der Waals surface area contributed by atoms with Crippen LogP contribution in [0.1, 0.15) is 28.7 Å². The van der Waals surface area contributed by atoms with Gasteiger partial charge in [0.25, 0.3) is 5.92 Å². The highest BCUT2D eigenvalue weighted by molar-refractivity contribution is 7.91. The number of ether oxygens (including phenoxy) is 1. The first-order chi connectivity index (χ1) is 15.2. The number of amides is 2. The summed E-state index contributed by atoms with van der Waals surface area (Å²) in [7, 11) is -1.87. The maximum Gasteiger partial charge on any atom is 0.354 e. The smallest absolute Gasteiger partial charge is 0.354 e. The molecule has 2 amide bonds. The lowest BCUT2D eigenvalue weighted by atomic mass is 9.99. The molecule has 2 atom stereocenters. The van der Waals surface area contributed by atoms with Crippen molar-refractivity contribution in [2.75, 3.05) is 19.0 Å². The van der Waals surface area contributed by atoms with Crippen LogP contribution in [0.15, 0.2) is 21.5 Å². The summed E-state index contributed by atoms with van der Waals surface area (Å²) in [5.74, 6) is -2.64. The maximum absolute atomic E-state index is 14.1. The Hall–Kier alpha value is -2.57. The Morgan fingerprint density at radius 3 is 2.94 bits per heavy atom. The standard InChI is InChI=1S/C20H24F2N6O3S/c1-24-13-9-28-18(31-10-13)16(8-25-28)32(23,30)27-19(29)26-17-14-4-2-3-11(14)5-12-6-20(21,22)7-15(12)17/h5,8,13,24H,2-4,6-7,9-10H2,1H3,(H3,23,26,27,29,30)/t13-,32+/m0/s1. The van der Waals surface area contributed by atoms with E-state index in [-0.39, 0.29) is 23.2 Å². The van der Waals surface area contributed by atoms with Crippen LogP contribution in [0, 0.1) is 0 Å². The zero-order valence-electron chi connectivity index (χ0n) is 17.5. The number of hydrogen-bond donors (Lipinski definition) is 3. The number of urea groups is 1. The molecule has 32 heavy (non-hydrogen) atoms. The van der Waals surface area contributed by atoms with Gasteiger partial charge < -0.3 is 15.4 Å². The number of halogens is 2. The summed E-state index contributed by atoms with van der Waals surface area (Å²) in [6.45, 7) is 0.817. The van der Waals surface area contributed by atoms with Gasteiger partial charge in [0.1, 0.15) is 11.5 Å². The van der Waals surface area contributed by atoms with Gasteiger partial charge in [-0.05, 0) is 48.6 Å². The molecule has 4 N–H and O–H groups in total. The zero-order chi connectivity index (χ0) is 22.7. The van der Waals surface area contributed by atoms with Crippen molar-refractivity contribution >= 4 is 21.6 Å². The Morgan fingerprint density at radius 1 is 1.34 bits per heavy atom. The highest BCUT2D eigenvalue weighted by Crippen LogP contribution is 2.43. The minimum atomic E-state index is -3.67. The first kappa shape index (κ1) is 21.3. The lowest BCUT2D eigenvalue weighted by molar-refractivity contribution is 0.0131. The Kier molecular flexibility index (Phi) is 4.98. The fourth-order valence-electron chi connectivity index (χ4n) is 4.71. The number of aromatic nitrogens is 2. The van der Waals surface area contributed by atoms with Gasteiger partial charge in [0.05, 0.1) is 18.8 Å². The molecule has 9 nitrogen and oxygen atoms in total. The third kappa shape index (κ3) is 3.65. The van der Waals surface area contributed by atoms with Crippen LogP contribution in [0.2, 0.25) is 0 Å². The SMILES string of the molecule is CN[C@@H]1COc2c([S@](N)(=O)=NC(=O)Nc3c4c(cc5c3CC(F)(F)C5)CCC4)cnn2C1. The van der Waals surface area contributed by atoms with E-state index < -0.39 is 28.3 Å². The van der Waals surface area contributed by atoms with Crippen LogP contribution in [-0.4, -0.2) is 45.6 Å². The second kappa shape index (κ2) is 7.49. The number of nitrogens with zero attached hydrogens (tertiary/aromatic N) is 3. The van der Waals surface area contributed by atoms with Crippen LogP contribution in [0.4, 0.5) is 19.3 Å². The fourth-order valence-corrected chi connectivity index (χ4v) is 5.72. The molecule has 2 aliphatic carbocycles. The molecular weight excluding hydrogens is 442 g/mol. The van der Waals surface area contributed by atoms with Gasteiger partial charge in [-0.1, -0.05) is 6.07 Å². The molecule has 0 fully saturated rings. The average molecular weight is 467 g/mol. The summed E-state index contributed by atoms with van der Waals surface area (Å²) in [5, 5.41) is 15.8. The number of likely N-dealkylation sites (N-methyl/N-ethyl adjacent to an activating group) is 1. The third-order valence-corrected chi connectivity index (χ3v) is 7.58. The van der Waals surface area contributed by atoms with E-state index in [4.69, 9.17) is 9.88 Å². The number of alkyl halides is 2. The van der Waals surface area contributed by atoms with Crippen molar-refractivity contribution in [1.29, 1.82) is 0 Å². The fraction of sp³-hybridized carbons (Fsp3) is 0.500. The van der Waals surface area contributed by atoms with Crippen molar-refractivity contribution in [2.24, 2.45) is 9.50 Å². The van der Waals surface area contributed by atoms with E-state index in [9.17, 15) is 17.8 Å². The Balaban J connectivity index is 1.46. The van der Waals surface area contributed by atoms with Gasteiger partial charge in [0.15, 0.2) is 9.92 Å². The molecule has 0 unspecified atom stereocenters. The summed E-state index contributed by atoms with van der Waals surface area (Å²) in [4.78, 5) is 12.8. The van der Waals surface area contributed by atoms with E-state index in [1.807, 2.05) is 6.07 Å². The van der Waals surface area contributed by atoms with Crippen LogP contribution in [0.25, 0.3) is 0 Å². The molecule has 12 heteroatoms. The van der Waals surface area contributed by atoms with Gasteiger partial charge >= 0.3 is 6.03 Å². The van der Waals surface area contributed by atoms with Crippen LogP contribution in [0.3, 0.4) is 0 Å². The van der Waals surface area contributed by atoms with Crippen LogP contribution < -0.4 is 20.5 Å². The van der Waals surface area contributed by atoms with E-state index in [1.165, 1.54) is 10.9 Å². The molecule has 2 heterocycles. The van der Waals surface area contributed by atoms with Gasteiger partial charge in [-0.2, -0.15) is 5.10 Å². The molecule has 1 aliphatic heterocycles. The monoisotopic (exact) mass is 466 g/mol. The largest absolute Gasteiger partial charge is 0.475 e. The van der Waals surface area contributed by atoms with Gasteiger partial charge in [0, 0.05) is 18.5 Å². The lowest BCUT2D eigenvalue weighted by Crippen LogP contribution is -2.40. The van der Waals surface area contributed by atoms with E-state index in [1.54, 1.807) is 7.05 Å². The topological polar surface area (TPSA) is 124 Å². The van der Waals surface area contributed by atoms with E-state index >= 15 is 0 Å². The van der Waals surface area contributed by atoms with E-state index in [0.29, 0.717) is 36.4 Å². The number of hydrogen-bond acceptors (Lipinski definition) is 5. The third-order valence-electron chi connectivity index (χ3n) is 6.23. The van der Waals surface area contributed by atoms with Crippen molar-refractivity contribution in [3.8, 4) is 5.88 Å². The highest BCUT2D eigenvalue weighted by atomic mass is 32.2. The number of nitrogens with one attached hydrogen (secondary N) is 2. The molecule has 1 aromatic heterocycles. The normalized spacial score (nSPS) is 22.3. The lowest BCUT2D eigenvalue weighted by Gasteiger charge is -2.24. The minimum Gasteiger partial charge on any atom is -0.475 e. The van der Waals surface area contributed by atoms with Gasteiger partial charge in [-0.25, -0.2) is 27.6 Å². The number of fused-ring (bicyclic) bond motifs is 3. The van der Waals surface area contributed by atoms with Crippen LogP contribution in [-0.2, 0) is 42.1 Å². The molecule has 0 spiro atoms. The van der Waals surface area contributed by atoms with Gasteiger partial charge in [0.2, 0.25) is 5.88 Å². The predicted octanol–water partition coefficient (Wildman–Crippen LogP) is 2.02. The number of benzene rings is 1.